The van der Waals surface area contributed by atoms with Crippen molar-refractivity contribution in [3.05, 3.63) is 71.5 Å². The summed E-state index contributed by atoms with van der Waals surface area (Å²) in [6, 6.07) is 12.7. The molecule has 0 aliphatic heterocycles. The molecule has 0 radical (unpaired) electrons. The van der Waals surface area contributed by atoms with E-state index < -0.39 is 0 Å². The smallest absolute Gasteiger partial charge is 0.215 e. The van der Waals surface area contributed by atoms with Crippen molar-refractivity contribution in [2.45, 2.75) is 6.92 Å². The van der Waals surface area contributed by atoms with Crippen LogP contribution in [0.2, 0.25) is 0 Å². The Bertz CT molecular complexity index is 1150. The second-order valence-electron chi connectivity index (χ2n) is 5.82. The molecule has 0 saturated heterocycles. The number of aromatic nitrogens is 1. The van der Waals surface area contributed by atoms with Crippen molar-refractivity contribution >= 4 is 27.6 Å². The molecule has 0 fully saturated rings. The van der Waals surface area contributed by atoms with E-state index in [-0.39, 0.29) is 5.82 Å². The molecule has 0 aliphatic rings. The lowest BCUT2D eigenvalue weighted by Gasteiger charge is -2.07. The first-order valence-corrected chi connectivity index (χ1v) is 7.58. The lowest BCUT2D eigenvalue weighted by atomic mass is 9.99. The molecule has 0 N–H and O–H groups in total. The zero-order valence-electron chi connectivity index (χ0n) is 13.3. The standard InChI is InChI=1S/C20H14FN2O/c1-12-11-16-19(18-13(22-2)7-6-9-15(18)24-16)20(21)17(12)14-8-4-5-10-23(14)3/h4-11H,1,3H3/q+1. The lowest BCUT2D eigenvalue weighted by Crippen LogP contribution is -2.30. The van der Waals surface area contributed by atoms with E-state index in [0.29, 0.717) is 33.2 Å². The highest BCUT2D eigenvalue weighted by Crippen LogP contribution is 2.40. The fraction of sp³-hybridized carbons (Fsp3) is 0.100. The van der Waals surface area contributed by atoms with E-state index in [4.69, 9.17) is 11.0 Å². The second kappa shape index (κ2) is 5.17. The number of hydrogen-bond donors (Lipinski definition) is 0. The first-order valence-electron chi connectivity index (χ1n) is 7.58. The van der Waals surface area contributed by atoms with E-state index in [1.807, 2.05) is 49.0 Å². The van der Waals surface area contributed by atoms with E-state index in [1.165, 1.54) is 0 Å². The summed E-state index contributed by atoms with van der Waals surface area (Å²) in [6.07, 6.45) is 1.89. The van der Waals surface area contributed by atoms with Crippen LogP contribution in [0, 0.1) is 19.3 Å². The van der Waals surface area contributed by atoms with E-state index in [9.17, 15) is 0 Å². The highest BCUT2D eigenvalue weighted by Gasteiger charge is 2.23. The SMILES string of the molecule is [C-]#[N+]c1cccc2oc3cc(C)c(-c4cccc[n+]4C)c(F)c3c12. The highest BCUT2D eigenvalue weighted by molar-refractivity contribution is 6.13. The van der Waals surface area contributed by atoms with Crippen LogP contribution in [0.1, 0.15) is 5.56 Å². The number of pyridine rings is 1. The first-order chi connectivity index (χ1) is 11.6. The second-order valence-corrected chi connectivity index (χ2v) is 5.82. The van der Waals surface area contributed by atoms with Crippen molar-refractivity contribution in [2.75, 3.05) is 0 Å². The largest absolute Gasteiger partial charge is 0.457 e. The third-order valence-electron chi connectivity index (χ3n) is 4.33. The lowest BCUT2D eigenvalue weighted by molar-refractivity contribution is -0.660. The van der Waals surface area contributed by atoms with Crippen LogP contribution < -0.4 is 4.57 Å². The third kappa shape index (κ3) is 1.92. The molecule has 116 valence electrons. The summed E-state index contributed by atoms with van der Waals surface area (Å²) >= 11 is 0. The molecule has 0 spiro atoms. The van der Waals surface area contributed by atoms with Crippen LogP contribution in [0.5, 0.6) is 0 Å². The number of benzene rings is 2. The van der Waals surface area contributed by atoms with Gasteiger partial charge < -0.3 is 4.42 Å². The number of halogens is 1. The van der Waals surface area contributed by atoms with Crippen molar-refractivity contribution in [2.24, 2.45) is 7.05 Å². The Morgan fingerprint density at radius 3 is 2.67 bits per heavy atom. The first kappa shape index (κ1) is 14.4. The van der Waals surface area contributed by atoms with Gasteiger partial charge in [0.15, 0.2) is 11.9 Å². The van der Waals surface area contributed by atoms with Crippen molar-refractivity contribution in [3.63, 3.8) is 0 Å². The maximum Gasteiger partial charge on any atom is 0.215 e. The molecule has 2 aromatic heterocycles. The van der Waals surface area contributed by atoms with Crippen LogP contribution in [-0.2, 0) is 7.05 Å². The number of furan rings is 1. The zero-order chi connectivity index (χ0) is 16.8. The average Bonchev–Trinajstić information content (AvgIpc) is 2.94. The highest BCUT2D eigenvalue weighted by atomic mass is 19.1. The van der Waals surface area contributed by atoms with Crippen LogP contribution >= 0.6 is 0 Å². The number of rotatable bonds is 1. The van der Waals surface area contributed by atoms with Crippen LogP contribution in [-0.4, -0.2) is 0 Å². The molecule has 0 saturated carbocycles. The Hall–Kier alpha value is -3.19. The molecule has 4 aromatic rings. The fourth-order valence-electron chi connectivity index (χ4n) is 3.23. The summed E-state index contributed by atoms with van der Waals surface area (Å²) in [4.78, 5) is 3.52. The van der Waals surface area contributed by atoms with Gasteiger partial charge in [-0.3, -0.25) is 0 Å². The molecular weight excluding hydrogens is 303 g/mol. The zero-order valence-corrected chi connectivity index (χ0v) is 13.3. The Morgan fingerprint density at radius 2 is 1.92 bits per heavy atom. The summed E-state index contributed by atoms with van der Waals surface area (Å²) in [5.74, 6) is -0.346. The van der Waals surface area contributed by atoms with Gasteiger partial charge in [0.05, 0.1) is 17.5 Å². The number of aryl methyl sites for hydroxylation is 2. The quantitative estimate of drug-likeness (QED) is 0.354. The van der Waals surface area contributed by atoms with E-state index >= 15 is 4.39 Å². The van der Waals surface area contributed by atoms with Gasteiger partial charge in [-0.25, -0.2) is 13.8 Å². The van der Waals surface area contributed by atoms with Crippen LogP contribution in [0.3, 0.4) is 0 Å². The minimum atomic E-state index is -0.346. The van der Waals surface area contributed by atoms with Gasteiger partial charge in [-0.15, -0.1) is 0 Å². The van der Waals surface area contributed by atoms with Gasteiger partial charge in [-0.2, -0.15) is 0 Å². The Kier molecular flexibility index (Phi) is 3.10. The topological polar surface area (TPSA) is 21.4 Å². The van der Waals surface area contributed by atoms with Crippen LogP contribution in [0.4, 0.5) is 10.1 Å². The minimum absolute atomic E-state index is 0.346. The predicted octanol–water partition coefficient (Wildman–Crippen LogP) is 5.08. The molecule has 0 atom stereocenters. The molecule has 4 heteroatoms. The summed E-state index contributed by atoms with van der Waals surface area (Å²) in [7, 11) is 1.89. The average molecular weight is 317 g/mol. The third-order valence-corrected chi connectivity index (χ3v) is 4.33. The van der Waals surface area contributed by atoms with E-state index in [1.54, 1.807) is 18.2 Å². The molecule has 2 aromatic carbocycles. The monoisotopic (exact) mass is 317 g/mol. The molecule has 4 rings (SSSR count). The summed E-state index contributed by atoms with van der Waals surface area (Å²) < 4.78 is 23.2. The van der Waals surface area contributed by atoms with Gasteiger partial charge in [-0.1, -0.05) is 12.1 Å². The van der Waals surface area contributed by atoms with E-state index in [2.05, 4.69) is 4.85 Å². The van der Waals surface area contributed by atoms with Crippen LogP contribution in [0.15, 0.2) is 53.1 Å². The maximum absolute atomic E-state index is 15.5. The molecule has 3 nitrogen and oxygen atoms in total. The van der Waals surface area contributed by atoms with Crippen molar-refractivity contribution in [1.82, 2.24) is 0 Å². The molecule has 2 heterocycles. The van der Waals surface area contributed by atoms with Crippen molar-refractivity contribution in [3.8, 4) is 11.3 Å². The van der Waals surface area contributed by atoms with Gasteiger partial charge in [-0.05, 0) is 30.7 Å². The van der Waals surface area contributed by atoms with Gasteiger partial charge in [0.1, 0.15) is 24.0 Å². The number of fused-ring (bicyclic) bond motifs is 3. The Morgan fingerprint density at radius 1 is 1.08 bits per heavy atom. The molecule has 24 heavy (non-hydrogen) atoms. The van der Waals surface area contributed by atoms with Gasteiger partial charge in [0.2, 0.25) is 5.69 Å². The van der Waals surface area contributed by atoms with Crippen LogP contribution in [0.25, 0.3) is 38.0 Å². The molecule has 0 unspecified atom stereocenters. The minimum Gasteiger partial charge on any atom is -0.457 e. The number of nitrogens with zero attached hydrogens (tertiary/aromatic N) is 2. The molecule has 0 bridgehead atoms. The molecule has 0 aliphatic carbocycles. The van der Waals surface area contributed by atoms with E-state index in [0.717, 1.165) is 11.3 Å². The Balaban J connectivity index is 2.20. The maximum atomic E-state index is 15.5. The number of hydrogen-bond acceptors (Lipinski definition) is 1. The summed E-state index contributed by atoms with van der Waals surface area (Å²) in [6.45, 7) is 9.23. The molecule has 0 amide bonds. The van der Waals surface area contributed by atoms with Gasteiger partial charge in [0.25, 0.3) is 0 Å². The Labute approximate surface area is 138 Å². The van der Waals surface area contributed by atoms with Crippen molar-refractivity contribution < 1.29 is 13.4 Å². The van der Waals surface area contributed by atoms with Crippen molar-refractivity contribution in [1.29, 1.82) is 0 Å². The summed E-state index contributed by atoms with van der Waals surface area (Å²) in [5.41, 5.74) is 3.52. The predicted molar refractivity (Wildman–Crippen MR) is 91.3 cm³/mol. The van der Waals surface area contributed by atoms with Gasteiger partial charge in [0, 0.05) is 17.5 Å². The normalized spacial score (nSPS) is 11.1. The molecular formula is C20H14FN2O+. The summed E-state index contributed by atoms with van der Waals surface area (Å²) in [5, 5.41) is 0.917. The fourth-order valence-corrected chi connectivity index (χ4v) is 3.23. The van der Waals surface area contributed by atoms with Gasteiger partial charge >= 0.3 is 0 Å².